The van der Waals surface area contributed by atoms with Crippen molar-refractivity contribution in [1.82, 2.24) is 4.72 Å². The van der Waals surface area contributed by atoms with E-state index in [1.165, 1.54) is 0 Å². The first-order valence-electron chi connectivity index (χ1n) is 6.00. The predicted octanol–water partition coefficient (Wildman–Crippen LogP) is 0.286. The van der Waals surface area contributed by atoms with Gasteiger partial charge < -0.3 is 0 Å². The van der Waals surface area contributed by atoms with Crippen LogP contribution in [-0.2, 0) is 19.9 Å². The van der Waals surface area contributed by atoms with E-state index in [9.17, 15) is 16.8 Å². The van der Waals surface area contributed by atoms with Gasteiger partial charge in [-0.2, -0.15) is 0 Å². The van der Waals surface area contributed by atoms with E-state index in [1.807, 2.05) is 0 Å². The van der Waals surface area contributed by atoms with Gasteiger partial charge in [0.15, 0.2) is 0 Å². The Kier molecular flexibility index (Phi) is 5.63. The molecule has 0 aromatic heterocycles. The Morgan fingerprint density at radius 1 is 1.22 bits per heavy atom. The van der Waals surface area contributed by atoms with Gasteiger partial charge in [-0.3, -0.25) is 0 Å². The smallest absolute Gasteiger partial charge is 0.214 e. The molecular formula is C11H19NO4S2. The van der Waals surface area contributed by atoms with Gasteiger partial charge in [-0.05, 0) is 25.7 Å². The third-order valence-electron chi connectivity index (χ3n) is 2.99. The van der Waals surface area contributed by atoms with Crippen molar-refractivity contribution in [2.75, 3.05) is 18.1 Å². The van der Waals surface area contributed by atoms with Gasteiger partial charge in [0.05, 0.1) is 16.8 Å². The van der Waals surface area contributed by atoms with Crippen LogP contribution in [0, 0.1) is 12.3 Å². The predicted molar refractivity (Wildman–Crippen MR) is 71.3 cm³/mol. The first-order chi connectivity index (χ1) is 8.37. The third-order valence-corrected chi connectivity index (χ3v) is 6.66. The molecule has 7 heteroatoms. The first-order valence-corrected chi connectivity index (χ1v) is 9.36. The van der Waals surface area contributed by atoms with E-state index in [0.717, 1.165) is 6.42 Å². The second-order valence-electron chi connectivity index (χ2n) is 4.45. The maximum absolute atomic E-state index is 11.9. The normalized spacial score (nSPS) is 20.4. The van der Waals surface area contributed by atoms with Crippen LogP contribution in [0.5, 0.6) is 0 Å². The summed E-state index contributed by atoms with van der Waals surface area (Å²) >= 11 is 0. The number of sulfonamides is 1. The Morgan fingerprint density at radius 2 is 1.83 bits per heavy atom. The molecule has 1 heterocycles. The quantitative estimate of drug-likeness (QED) is 0.564. The van der Waals surface area contributed by atoms with Crippen LogP contribution in [0.1, 0.15) is 32.1 Å². The number of hydrogen-bond donors (Lipinski definition) is 1. The molecule has 1 N–H and O–H groups in total. The summed E-state index contributed by atoms with van der Waals surface area (Å²) in [6.45, 7) is 0.368. The second kappa shape index (κ2) is 6.55. The van der Waals surface area contributed by atoms with Crippen molar-refractivity contribution >= 4 is 19.9 Å². The number of terminal acetylenes is 1. The van der Waals surface area contributed by atoms with Gasteiger partial charge >= 0.3 is 0 Å². The lowest BCUT2D eigenvalue weighted by atomic mass is 10.2. The average molecular weight is 293 g/mol. The van der Waals surface area contributed by atoms with E-state index < -0.39 is 25.1 Å². The van der Waals surface area contributed by atoms with Crippen LogP contribution in [0.2, 0.25) is 0 Å². The Hall–Kier alpha value is -0.580. The minimum atomic E-state index is -3.39. The number of unbranched alkanes of at least 4 members (excludes halogenated alkanes) is 2. The molecule has 0 radical (unpaired) electrons. The van der Waals surface area contributed by atoms with Crippen LogP contribution < -0.4 is 4.72 Å². The van der Waals surface area contributed by atoms with Crippen molar-refractivity contribution < 1.29 is 16.8 Å². The zero-order valence-electron chi connectivity index (χ0n) is 10.3. The molecule has 0 atom stereocenters. The summed E-state index contributed by atoms with van der Waals surface area (Å²) < 4.78 is 48.7. The number of rotatable bonds is 6. The number of hydrogen-bond acceptors (Lipinski definition) is 4. The van der Waals surface area contributed by atoms with Gasteiger partial charge in [0.1, 0.15) is 9.84 Å². The van der Waals surface area contributed by atoms with Gasteiger partial charge in [-0.15, -0.1) is 12.3 Å². The van der Waals surface area contributed by atoms with Crippen LogP contribution in [0.25, 0.3) is 0 Å². The molecule has 0 saturated carbocycles. The zero-order valence-corrected chi connectivity index (χ0v) is 11.9. The van der Waals surface area contributed by atoms with Crippen molar-refractivity contribution in [3.63, 3.8) is 0 Å². The molecule has 0 aromatic rings. The van der Waals surface area contributed by atoms with Gasteiger partial charge in [-0.25, -0.2) is 21.6 Å². The van der Waals surface area contributed by atoms with E-state index in [2.05, 4.69) is 10.6 Å². The summed E-state index contributed by atoms with van der Waals surface area (Å²) in [5.74, 6) is 2.43. The molecule has 0 aromatic carbocycles. The number of nitrogens with one attached hydrogen (secondary N) is 1. The maximum Gasteiger partial charge on any atom is 0.214 e. The van der Waals surface area contributed by atoms with Crippen molar-refractivity contribution in [3.05, 3.63) is 0 Å². The van der Waals surface area contributed by atoms with E-state index in [1.54, 1.807) is 0 Å². The van der Waals surface area contributed by atoms with Crippen molar-refractivity contribution in [3.8, 4) is 12.3 Å². The number of sulfone groups is 1. The van der Waals surface area contributed by atoms with Gasteiger partial charge in [0.25, 0.3) is 0 Å². The standard InChI is InChI=1S/C11H19NO4S2/c1-2-3-4-5-8-12-18(15,16)11-6-9-17(13,14)10-7-11/h1,11-12H,3-10H2. The largest absolute Gasteiger partial charge is 0.229 e. The fraction of sp³-hybridized carbons (Fsp3) is 0.818. The summed E-state index contributed by atoms with van der Waals surface area (Å²) in [7, 11) is -6.41. The van der Waals surface area contributed by atoms with Gasteiger partial charge in [-0.1, -0.05) is 0 Å². The van der Waals surface area contributed by atoms with Crippen LogP contribution in [-0.4, -0.2) is 40.1 Å². The van der Waals surface area contributed by atoms with E-state index >= 15 is 0 Å². The minimum Gasteiger partial charge on any atom is -0.229 e. The third kappa shape index (κ3) is 4.96. The molecule has 18 heavy (non-hydrogen) atoms. The highest BCUT2D eigenvalue weighted by molar-refractivity contribution is 7.92. The van der Waals surface area contributed by atoms with Crippen molar-refractivity contribution in [2.45, 2.75) is 37.4 Å². The van der Waals surface area contributed by atoms with Gasteiger partial charge in [0.2, 0.25) is 10.0 Å². The lowest BCUT2D eigenvalue weighted by molar-refractivity contribution is 0.540. The van der Waals surface area contributed by atoms with Crippen molar-refractivity contribution in [1.29, 1.82) is 0 Å². The molecule has 0 spiro atoms. The van der Waals surface area contributed by atoms with E-state index in [-0.39, 0.29) is 24.3 Å². The molecule has 0 unspecified atom stereocenters. The first kappa shape index (κ1) is 15.5. The monoisotopic (exact) mass is 293 g/mol. The summed E-state index contributed by atoms with van der Waals surface area (Å²) in [4.78, 5) is 0. The summed E-state index contributed by atoms with van der Waals surface area (Å²) in [6, 6.07) is 0. The summed E-state index contributed by atoms with van der Waals surface area (Å²) in [5, 5.41) is -0.575. The fourth-order valence-corrected chi connectivity index (χ4v) is 5.17. The molecule has 5 nitrogen and oxygen atoms in total. The molecule has 1 saturated heterocycles. The van der Waals surface area contributed by atoms with E-state index in [4.69, 9.17) is 6.42 Å². The van der Waals surface area contributed by atoms with Crippen LogP contribution >= 0.6 is 0 Å². The lowest BCUT2D eigenvalue weighted by Gasteiger charge is -2.22. The lowest BCUT2D eigenvalue weighted by Crippen LogP contribution is -2.40. The van der Waals surface area contributed by atoms with Crippen LogP contribution in [0.3, 0.4) is 0 Å². The highest BCUT2D eigenvalue weighted by atomic mass is 32.2. The Bertz CT molecular complexity index is 488. The molecule has 1 aliphatic heterocycles. The molecule has 1 rings (SSSR count). The minimum absolute atomic E-state index is 0.0321. The fourth-order valence-electron chi connectivity index (χ4n) is 1.86. The Balaban J connectivity index is 2.38. The molecule has 0 aliphatic carbocycles. The molecule has 0 bridgehead atoms. The topological polar surface area (TPSA) is 80.3 Å². The van der Waals surface area contributed by atoms with Crippen molar-refractivity contribution in [2.24, 2.45) is 0 Å². The summed E-state index contributed by atoms with van der Waals surface area (Å²) in [6.07, 6.45) is 7.62. The molecule has 1 fully saturated rings. The second-order valence-corrected chi connectivity index (χ2v) is 8.80. The zero-order chi connectivity index (χ0) is 13.6. The molecular weight excluding hydrogens is 274 g/mol. The SMILES string of the molecule is C#CCCCCNS(=O)(=O)C1CCS(=O)(=O)CC1. The molecule has 104 valence electrons. The molecule has 1 aliphatic rings. The van der Waals surface area contributed by atoms with Crippen LogP contribution in [0.4, 0.5) is 0 Å². The Morgan fingerprint density at radius 3 is 2.39 bits per heavy atom. The van der Waals surface area contributed by atoms with Gasteiger partial charge in [0, 0.05) is 13.0 Å². The Labute approximate surface area is 109 Å². The van der Waals surface area contributed by atoms with Crippen LogP contribution in [0.15, 0.2) is 0 Å². The molecule has 0 amide bonds. The average Bonchev–Trinajstić information content (AvgIpc) is 2.28. The van der Waals surface area contributed by atoms with E-state index in [0.29, 0.717) is 19.4 Å². The summed E-state index contributed by atoms with van der Waals surface area (Å²) in [5.41, 5.74) is 0. The maximum atomic E-state index is 11.9. The highest BCUT2D eigenvalue weighted by Crippen LogP contribution is 2.18. The highest BCUT2D eigenvalue weighted by Gasteiger charge is 2.32.